The zero-order chi connectivity index (χ0) is 15.5. The van der Waals surface area contributed by atoms with E-state index >= 15 is 0 Å². The molecule has 0 spiro atoms. The maximum atomic E-state index is 13.3. The molecular weight excluding hydrogens is 295 g/mol. The van der Waals surface area contributed by atoms with Crippen molar-refractivity contribution >= 4 is 27.3 Å². The molecular formula is C14H17FN2O3S. The Morgan fingerprint density at radius 3 is 2.62 bits per heavy atom. The number of amides is 1. The molecule has 2 N–H and O–H groups in total. The number of benzene rings is 1. The lowest BCUT2D eigenvalue weighted by Crippen LogP contribution is -2.18. The van der Waals surface area contributed by atoms with Gasteiger partial charge in [-0.05, 0) is 37.8 Å². The summed E-state index contributed by atoms with van der Waals surface area (Å²) in [7, 11) is -3.56. The fraction of sp³-hybridized carbons (Fsp3) is 0.357. The second-order valence-corrected chi connectivity index (χ2v) is 6.74. The summed E-state index contributed by atoms with van der Waals surface area (Å²) < 4.78 is 38.0. The molecule has 0 aromatic heterocycles. The molecule has 0 heterocycles. The van der Waals surface area contributed by atoms with Gasteiger partial charge in [-0.3, -0.25) is 9.52 Å². The van der Waals surface area contributed by atoms with E-state index in [1.54, 1.807) is 0 Å². The quantitative estimate of drug-likeness (QED) is 0.897. The fourth-order valence-corrected chi connectivity index (χ4v) is 2.72. The van der Waals surface area contributed by atoms with Gasteiger partial charge in [-0.2, -0.15) is 0 Å². The molecule has 0 atom stereocenters. The van der Waals surface area contributed by atoms with Crippen LogP contribution < -0.4 is 10.0 Å². The third kappa shape index (κ3) is 4.56. The minimum absolute atomic E-state index is 0.0160. The molecule has 1 aromatic carbocycles. The van der Waals surface area contributed by atoms with Crippen molar-refractivity contribution in [1.82, 2.24) is 0 Å². The van der Waals surface area contributed by atoms with Gasteiger partial charge in [0.05, 0.1) is 17.6 Å². The zero-order valence-electron chi connectivity index (χ0n) is 11.6. The summed E-state index contributed by atoms with van der Waals surface area (Å²) in [5.74, 6) is -0.867. The van der Waals surface area contributed by atoms with Crippen molar-refractivity contribution < 1.29 is 17.6 Å². The van der Waals surface area contributed by atoms with Crippen LogP contribution in [0.2, 0.25) is 0 Å². The number of sulfonamides is 1. The van der Waals surface area contributed by atoms with Crippen LogP contribution in [0.25, 0.3) is 0 Å². The average molecular weight is 312 g/mol. The highest BCUT2D eigenvalue weighted by Gasteiger charge is 2.15. The van der Waals surface area contributed by atoms with Crippen LogP contribution in [0.5, 0.6) is 0 Å². The first-order valence-corrected chi connectivity index (χ1v) is 8.52. The first-order valence-electron chi connectivity index (χ1n) is 6.63. The van der Waals surface area contributed by atoms with Crippen LogP contribution in [0.4, 0.5) is 15.8 Å². The molecule has 21 heavy (non-hydrogen) atoms. The van der Waals surface area contributed by atoms with Gasteiger partial charge >= 0.3 is 0 Å². The van der Waals surface area contributed by atoms with Gasteiger partial charge in [0.25, 0.3) is 5.91 Å². The van der Waals surface area contributed by atoms with Gasteiger partial charge in [0, 0.05) is 11.6 Å². The number of halogens is 1. The predicted molar refractivity (Wildman–Crippen MR) is 80.0 cm³/mol. The van der Waals surface area contributed by atoms with Crippen molar-refractivity contribution in [3.05, 3.63) is 35.7 Å². The van der Waals surface area contributed by atoms with E-state index in [1.165, 1.54) is 12.1 Å². The molecule has 1 amide bonds. The van der Waals surface area contributed by atoms with Crippen molar-refractivity contribution in [2.75, 3.05) is 16.3 Å². The molecule has 1 aromatic rings. The van der Waals surface area contributed by atoms with Gasteiger partial charge < -0.3 is 5.32 Å². The Balaban J connectivity index is 2.23. The molecule has 1 aliphatic carbocycles. The highest BCUT2D eigenvalue weighted by Crippen LogP contribution is 2.25. The molecule has 0 unspecified atom stereocenters. The van der Waals surface area contributed by atoms with Crippen LogP contribution in [-0.4, -0.2) is 20.6 Å². The van der Waals surface area contributed by atoms with Crippen LogP contribution >= 0.6 is 0 Å². The van der Waals surface area contributed by atoms with Gasteiger partial charge in [-0.25, -0.2) is 12.8 Å². The Morgan fingerprint density at radius 2 is 2.00 bits per heavy atom. The largest absolute Gasteiger partial charge is 0.320 e. The Morgan fingerprint density at radius 1 is 1.24 bits per heavy atom. The van der Waals surface area contributed by atoms with Gasteiger partial charge in [0.1, 0.15) is 5.82 Å². The molecule has 2 rings (SSSR count). The van der Waals surface area contributed by atoms with Crippen molar-refractivity contribution in [1.29, 1.82) is 0 Å². The number of rotatable bonds is 4. The highest BCUT2D eigenvalue weighted by molar-refractivity contribution is 7.92. The van der Waals surface area contributed by atoms with Crippen molar-refractivity contribution in [2.45, 2.75) is 25.7 Å². The van der Waals surface area contributed by atoms with Gasteiger partial charge in [0.2, 0.25) is 10.0 Å². The Kier molecular flexibility index (Phi) is 4.62. The number of hydrogen-bond acceptors (Lipinski definition) is 3. The Hall–Kier alpha value is -1.89. The van der Waals surface area contributed by atoms with Gasteiger partial charge in [-0.15, -0.1) is 0 Å². The van der Waals surface area contributed by atoms with E-state index in [0.29, 0.717) is 12.0 Å². The van der Waals surface area contributed by atoms with Crippen LogP contribution in [0.3, 0.4) is 0 Å². The molecule has 5 nitrogen and oxygen atoms in total. The Bertz CT molecular complexity index is 683. The summed E-state index contributed by atoms with van der Waals surface area (Å²) in [4.78, 5) is 12.1. The summed E-state index contributed by atoms with van der Waals surface area (Å²) in [6.07, 6.45) is 6.42. The van der Waals surface area contributed by atoms with Crippen LogP contribution in [0, 0.1) is 5.82 Å². The Labute approximate surface area is 123 Å². The second kappa shape index (κ2) is 6.26. The van der Waals surface area contributed by atoms with Crippen molar-refractivity contribution in [2.24, 2.45) is 0 Å². The van der Waals surface area contributed by atoms with E-state index < -0.39 is 15.8 Å². The number of carbonyl (C=O) groups is 1. The maximum Gasteiger partial charge on any atom is 0.251 e. The van der Waals surface area contributed by atoms with Gasteiger partial charge in [0.15, 0.2) is 0 Å². The fourth-order valence-electron chi connectivity index (χ4n) is 2.16. The lowest BCUT2D eigenvalue weighted by Gasteiger charge is -2.15. The van der Waals surface area contributed by atoms with E-state index in [0.717, 1.165) is 31.6 Å². The monoisotopic (exact) mass is 312 g/mol. The predicted octanol–water partition coefficient (Wildman–Crippen LogP) is 2.64. The molecule has 0 bridgehead atoms. The summed E-state index contributed by atoms with van der Waals surface area (Å²) >= 11 is 0. The molecule has 0 radical (unpaired) electrons. The molecule has 0 aliphatic heterocycles. The van der Waals surface area contributed by atoms with Crippen LogP contribution in [0.15, 0.2) is 29.8 Å². The third-order valence-electron chi connectivity index (χ3n) is 3.11. The van der Waals surface area contributed by atoms with Crippen molar-refractivity contribution in [3.8, 4) is 0 Å². The molecule has 0 saturated carbocycles. The maximum absolute atomic E-state index is 13.3. The van der Waals surface area contributed by atoms with E-state index in [4.69, 9.17) is 0 Å². The second-order valence-electron chi connectivity index (χ2n) is 4.99. The standard InChI is InChI=1S/C14H17FN2O3S/c1-21(19,20)17-13-9-11(15)7-8-12(13)16-14(18)10-5-3-2-4-6-10/h5,7-9,17H,2-4,6H2,1H3,(H,16,18). The number of anilines is 2. The van der Waals surface area contributed by atoms with E-state index in [1.807, 2.05) is 6.08 Å². The lowest BCUT2D eigenvalue weighted by atomic mass is 9.99. The highest BCUT2D eigenvalue weighted by atomic mass is 32.2. The minimum atomic E-state index is -3.56. The van der Waals surface area contributed by atoms with E-state index in [2.05, 4.69) is 10.0 Å². The first kappa shape index (κ1) is 15.5. The zero-order valence-corrected chi connectivity index (χ0v) is 12.5. The summed E-state index contributed by atoms with van der Waals surface area (Å²) in [6, 6.07) is 3.54. The number of nitrogens with one attached hydrogen (secondary N) is 2. The topological polar surface area (TPSA) is 75.3 Å². The smallest absolute Gasteiger partial charge is 0.251 e. The average Bonchev–Trinajstić information content (AvgIpc) is 2.41. The van der Waals surface area contributed by atoms with Crippen molar-refractivity contribution in [3.63, 3.8) is 0 Å². The van der Waals surface area contributed by atoms with E-state index in [9.17, 15) is 17.6 Å². The molecule has 1 aliphatic rings. The summed E-state index contributed by atoms with van der Waals surface area (Å²) in [6.45, 7) is 0. The molecule has 0 saturated heterocycles. The molecule has 7 heteroatoms. The summed E-state index contributed by atoms with van der Waals surface area (Å²) in [5, 5.41) is 2.63. The van der Waals surface area contributed by atoms with Crippen LogP contribution in [0.1, 0.15) is 25.7 Å². The normalized spacial score (nSPS) is 15.2. The number of allylic oxidation sites excluding steroid dienone is 1. The van der Waals surface area contributed by atoms with Crippen LogP contribution in [-0.2, 0) is 14.8 Å². The SMILES string of the molecule is CS(=O)(=O)Nc1cc(F)ccc1NC(=O)C1=CCCCC1. The van der Waals surface area contributed by atoms with E-state index in [-0.39, 0.29) is 17.3 Å². The third-order valence-corrected chi connectivity index (χ3v) is 3.70. The summed E-state index contributed by atoms with van der Waals surface area (Å²) in [5.41, 5.74) is 0.927. The number of carbonyl (C=O) groups excluding carboxylic acids is 1. The van der Waals surface area contributed by atoms with Gasteiger partial charge in [-0.1, -0.05) is 6.08 Å². The first-order chi connectivity index (χ1) is 9.85. The lowest BCUT2D eigenvalue weighted by molar-refractivity contribution is -0.113. The minimum Gasteiger partial charge on any atom is -0.320 e. The number of hydrogen-bond donors (Lipinski definition) is 2. The molecule has 0 fully saturated rings. The molecule has 114 valence electrons.